The second kappa shape index (κ2) is 6.81. The molecule has 1 aliphatic carbocycles. The lowest BCUT2D eigenvalue weighted by Crippen LogP contribution is -2.23. The molecule has 0 aromatic rings. The van der Waals surface area contributed by atoms with Crippen LogP contribution in [-0.2, 0) is 4.79 Å². The molecule has 0 amide bonds. The third-order valence-corrected chi connectivity index (χ3v) is 3.53. The van der Waals surface area contributed by atoms with Crippen LogP contribution in [0.25, 0.3) is 0 Å². The fourth-order valence-corrected chi connectivity index (χ4v) is 2.38. The monoisotopic (exact) mass is 208 g/mol. The first-order valence-electron chi connectivity index (χ1n) is 6.44. The molecule has 0 aromatic carbocycles. The van der Waals surface area contributed by atoms with E-state index in [-0.39, 0.29) is 5.41 Å². The highest BCUT2D eigenvalue weighted by molar-refractivity contribution is 5.60. The van der Waals surface area contributed by atoms with Gasteiger partial charge in [0.15, 0.2) is 0 Å². The van der Waals surface area contributed by atoms with Crippen LogP contribution in [0.4, 0.5) is 0 Å². The van der Waals surface area contributed by atoms with Gasteiger partial charge in [-0.3, -0.25) is 0 Å². The van der Waals surface area contributed by atoms with Crippen LogP contribution in [-0.4, -0.2) is 6.29 Å². The average Bonchev–Trinajstić information content (AvgIpc) is 2.30. The summed E-state index contributed by atoms with van der Waals surface area (Å²) in [5, 5.41) is 0. The van der Waals surface area contributed by atoms with E-state index < -0.39 is 0 Å². The molecule has 1 atom stereocenters. The molecular formula is C14H24O. The van der Waals surface area contributed by atoms with Crippen LogP contribution < -0.4 is 0 Å². The van der Waals surface area contributed by atoms with Crippen LogP contribution in [0.2, 0.25) is 0 Å². The number of rotatable bonds is 7. The zero-order chi connectivity index (χ0) is 11.0. The van der Waals surface area contributed by atoms with Crippen LogP contribution >= 0.6 is 0 Å². The van der Waals surface area contributed by atoms with Crippen molar-refractivity contribution in [1.29, 1.82) is 0 Å². The van der Waals surface area contributed by atoms with Crippen LogP contribution in [0.3, 0.4) is 0 Å². The van der Waals surface area contributed by atoms with Gasteiger partial charge in [0.25, 0.3) is 0 Å². The predicted molar refractivity (Wildman–Crippen MR) is 64.9 cm³/mol. The highest BCUT2D eigenvalue weighted by Gasteiger charge is 2.28. The van der Waals surface area contributed by atoms with E-state index in [1.54, 1.807) is 0 Å². The van der Waals surface area contributed by atoms with Crippen molar-refractivity contribution in [3.63, 3.8) is 0 Å². The summed E-state index contributed by atoms with van der Waals surface area (Å²) in [6.45, 7) is 2.23. The smallest absolute Gasteiger partial charge is 0.126 e. The Balaban J connectivity index is 2.21. The Kier molecular flexibility index (Phi) is 5.67. The van der Waals surface area contributed by atoms with Crippen molar-refractivity contribution in [2.24, 2.45) is 5.41 Å². The normalized spacial score (nSPS) is 25.4. The van der Waals surface area contributed by atoms with Crippen LogP contribution in [0.5, 0.6) is 0 Å². The first-order valence-corrected chi connectivity index (χ1v) is 6.44. The minimum atomic E-state index is 0.000957. The van der Waals surface area contributed by atoms with Crippen LogP contribution in [0.15, 0.2) is 12.2 Å². The maximum atomic E-state index is 11.2. The molecule has 0 aromatic heterocycles. The largest absolute Gasteiger partial charge is 0.303 e. The van der Waals surface area contributed by atoms with Gasteiger partial charge in [0.05, 0.1) is 0 Å². The molecule has 1 heteroatoms. The van der Waals surface area contributed by atoms with E-state index in [1.165, 1.54) is 38.4 Å². The Bertz CT molecular complexity index is 207. The second-order valence-corrected chi connectivity index (χ2v) is 4.86. The van der Waals surface area contributed by atoms with Crippen molar-refractivity contribution in [1.82, 2.24) is 0 Å². The van der Waals surface area contributed by atoms with Gasteiger partial charge in [0.1, 0.15) is 6.29 Å². The summed E-state index contributed by atoms with van der Waals surface area (Å²) in [5.41, 5.74) is 0.000957. The fourth-order valence-electron chi connectivity index (χ4n) is 2.38. The first kappa shape index (κ1) is 12.5. The molecule has 0 spiro atoms. The van der Waals surface area contributed by atoms with E-state index in [9.17, 15) is 4.79 Å². The maximum Gasteiger partial charge on any atom is 0.126 e. The third kappa shape index (κ3) is 4.19. The van der Waals surface area contributed by atoms with Gasteiger partial charge < -0.3 is 4.79 Å². The predicted octanol–water partition coefficient (Wildman–Crippen LogP) is 4.27. The molecule has 0 fully saturated rings. The Hall–Kier alpha value is -0.590. The maximum absolute atomic E-state index is 11.2. The quantitative estimate of drug-likeness (QED) is 0.347. The van der Waals surface area contributed by atoms with Gasteiger partial charge in [0.2, 0.25) is 0 Å². The summed E-state index contributed by atoms with van der Waals surface area (Å²) in [5.74, 6) is 0. The Morgan fingerprint density at radius 1 is 1.20 bits per heavy atom. The average molecular weight is 208 g/mol. The standard InChI is InChI=1S/C14H24O/c1-2-3-4-5-7-10-14(13-15)11-8-6-9-12-14/h6,8,13H,2-5,7,9-12H2,1H3. The zero-order valence-electron chi connectivity index (χ0n) is 10.0. The Morgan fingerprint density at radius 3 is 2.60 bits per heavy atom. The molecule has 1 rings (SSSR count). The van der Waals surface area contributed by atoms with Gasteiger partial charge in [-0.05, 0) is 25.7 Å². The SMILES string of the molecule is CCCCCCCC1(C=O)CC=CCC1. The fraction of sp³-hybridized carbons (Fsp3) is 0.786. The van der Waals surface area contributed by atoms with Crippen LogP contribution in [0.1, 0.15) is 64.7 Å². The first-order chi connectivity index (χ1) is 7.33. The van der Waals surface area contributed by atoms with Gasteiger partial charge in [0, 0.05) is 5.41 Å². The topological polar surface area (TPSA) is 17.1 Å². The minimum Gasteiger partial charge on any atom is -0.303 e. The van der Waals surface area contributed by atoms with Crippen molar-refractivity contribution < 1.29 is 4.79 Å². The number of allylic oxidation sites excluding steroid dienone is 2. The van der Waals surface area contributed by atoms with Gasteiger partial charge in [-0.25, -0.2) is 0 Å². The second-order valence-electron chi connectivity index (χ2n) is 4.86. The van der Waals surface area contributed by atoms with E-state index in [0.717, 1.165) is 25.7 Å². The summed E-state index contributed by atoms with van der Waals surface area (Å²) in [4.78, 5) is 11.2. The number of carbonyl (C=O) groups is 1. The Labute approximate surface area is 93.9 Å². The van der Waals surface area contributed by atoms with Crippen molar-refractivity contribution in [2.75, 3.05) is 0 Å². The highest BCUT2D eigenvalue weighted by Crippen LogP contribution is 2.35. The lowest BCUT2D eigenvalue weighted by atomic mass is 9.74. The van der Waals surface area contributed by atoms with Crippen molar-refractivity contribution in [3.8, 4) is 0 Å². The number of hydrogen-bond acceptors (Lipinski definition) is 1. The molecule has 0 heterocycles. The van der Waals surface area contributed by atoms with E-state index in [4.69, 9.17) is 0 Å². The van der Waals surface area contributed by atoms with Gasteiger partial charge in [-0.15, -0.1) is 0 Å². The number of hydrogen-bond donors (Lipinski definition) is 0. The molecule has 15 heavy (non-hydrogen) atoms. The molecule has 0 aliphatic heterocycles. The Morgan fingerprint density at radius 2 is 2.00 bits per heavy atom. The summed E-state index contributed by atoms with van der Waals surface area (Å²) in [7, 11) is 0. The van der Waals surface area contributed by atoms with E-state index in [2.05, 4.69) is 19.1 Å². The molecule has 0 saturated heterocycles. The molecule has 0 radical (unpaired) electrons. The molecule has 1 aliphatic rings. The molecular weight excluding hydrogens is 184 g/mol. The summed E-state index contributed by atoms with van der Waals surface area (Å²) < 4.78 is 0. The molecule has 1 nitrogen and oxygen atoms in total. The van der Waals surface area contributed by atoms with Gasteiger partial charge in [-0.2, -0.15) is 0 Å². The third-order valence-electron chi connectivity index (χ3n) is 3.53. The lowest BCUT2D eigenvalue weighted by molar-refractivity contribution is -0.117. The van der Waals surface area contributed by atoms with E-state index >= 15 is 0 Å². The number of unbranched alkanes of at least 4 members (excludes halogenated alkanes) is 4. The van der Waals surface area contributed by atoms with E-state index in [0.29, 0.717) is 0 Å². The summed E-state index contributed by atoms with van der Waals surface area (Å²) in [6.07, 6.45) is 16.3. The summed E-state index contributed by atoms with van der Waals surface area (Å²) >= 11 is 0. The summed E-state index contributed by atoms with van der Waals surface area (Å²) in [6, 6.07) is 0. The number of aldehydes is 1. The number of carbonyl (C=O) groups excluding carboxylic acids is 1. The molecule has 1 unspecified atom stereocenters. The van der Waals surface area contributed by atoms with Crippen molar-refractivity contribution in [2.45, 2.75) is 64.7 Å². The minimum absolute atomic E-state index is 0.000957. The van der Waals surface area contributed by atoms with Crippen LogP contribution in [0, 0.1) is 5.41 Å². The van der Waals surface area contributed by atoms with Gasteiger partial charge >= 0.3 is 0 Å². The molecule has 0 bridgehead atoms. The molecule has 0 saturated carbocycles. The zero-order valence-corrected chi connectivity index (χ0v) is 10.0. The highest BCUT2D eigenvalue weighted by atomic mass is 16.1. The molecule has 0 N–H and O–H groups in total. The van der Waals surface area contributed by atoms with Crippen molar-refractivity contribution in [3.05, 3.63) is 12.2 Å². The van der Waals surface area contributed by atoms with Gasteiger partial charge in [-0.1, -0.05) is 51.2 Å². The lowest BCUT2D eigenvalue weighted by Gasteiger charge is -2.29. The molecule has 86 valence electrons. The van der Waals surface area contributed by atoms with Crippen molar-refractivity contribution >= 4 is 6.29 Å². The van der Waals surface area contributed by atoms with E-state index in [1.807, 2.05) is 0 Å².